The molecule has 0 aromatic heterocycles. The van der Waals surface area contributed by atoms with Gasteiger partial charge in [-0.3, -0.25) is 0 Å². The molecule has 0 amide bonds. The molecule has 3 heteroatoms. The molecule has 0 saturated carbocycles. The van der Waals surface area contributed by atoms with Crippen molar-refractivity contribution in [3.8, 4) is 0 Å². The fourth-order valence-electron chi connectivity index (χ4n) is 0.836. The first-order valence-electron chi connectivity index (χ1n) is 4.01. The van der Waals surface area contributed by atoms with Crippen LogP contribution in [0.4, 0.5) is 5.69 Å². The Kier molecular flexibility index (Phi) is 3.67. The molecular weight excluding hydrogens is 168 g/mol. The smallest absolute Gasteiger partial charge is 0.0988 e. The van der Waals surface area contributed by atoms with E-state index in [2.05, 4.69) is 9.71 Å². The van der Waals surface area contributed by atoms with Crippen molar-refractivity contribution in [1.82, 2.24) is 4.72 Å². The number of nitrogens with one attached hydrogen (secondary N) is 1. The van der Waals surface area contributed by atoms with Gasteiger partial charge in [-0.15, -0.1) is 0 Å². The zero-order chi connectivity index (χ0) is 8.81. The average molecular weight is 180 g/mol. The molecule has 1 N–H and O–H groups in total. The molecule has 0 spiro atoms. The Balaban J connectivity index is 0.000000336. The van der Waals surface area contributed by atoms with Gasteiger partial charge in [-0.25, -0.2) is 4.99 Å². The summed E-state index contributed by atoms with van der Waals surface area (Å²) in [4.78, 5) is 5.32. The lowest BCUT2D eigenvalue weighted by molar-refractivity contribution is 1.32. The van der Waals surface area contributed by atoms with E-state index in [0.717, 1.165) is 5.69 Å². The molecule has 0 aliphatic carbocycles. The van der Waals surface area contributed by atoms with Crippen LogP contribution in [0.15, 0.2) is 34.2 Å². The molecule has 0 atom stereocenters. The van der Waals surface area contributed by atoms with Crippen LogP contribution in [0.25, 0.3) is 0 Å². The van der Waals surface area contributed by atoms with Crippen molar-refractivity contribution in [3.63, 3.8) is 0 Å². The molecule has 0 radical (unpaired) electrons. The lowest BCUT2D eigenvalue weighted by Gasteiger charge is -2.07. The number of para-hydroxylation sites is 1. The Morgan fingerprint density at radius 3 is 2.75 bits per heavy atom. The second-order valence-corrected chi connectivity index (χ2v) is 2.83. The van der Waals surface area contributed by atoms with E-state index in [9.17, 15) is 0 Å². The molecule has 0 saturated heterocycles. The minimum atomic E-state index is 1.05. The third-order valence-corrected chi connectivity index (χ3v) is 2.08. The topological polar surface area (TPSA) is 24.4 Å². The van der Waals surface area contributed by atoms with Crippen LogP contribution >= 0.6 is 11.9 Å². The number of hydrogen-bond donors (Lipinski definition) is 1. The number of nitrogens with zero attached hydrogens (tertiary/aromatic N) is 1. The highest BCUT2D eigenvalue weighted by molar-refractivity contribution is 7.98. The van der Waals surface area contributed by atoms with Crippen LogP contribution in [0.3, 0.4) is 0 Å². The molecule has 12 heavy (non-hydrogen) atoms. The molecule has 0 bridgehead atoms. The highest BCUT2D eigenvalue weighted by Gasteiger charge is 2.02. The van der Waals surface area contributed by atoms with Gasteiger partial charge in [0.1, 0.15) is 0 Å². The summed E-state index contributed by atoms with van der Waals surface area (Å²) in [5.41, 5.74) is 1.05. The Bertz CT molecular complexity index is 271. The first-order valence-corrected chi connectivity index (χ1v) is 4.82. The summed E-state index contributed by atoms with van der Waals surface area (Å²) in [7, 11) is 0. The zero-order valence-corrected chi connectivity index (χ0v) is 8.06. The number of hydrogen-bond acceptors (Lipinski definition) is 3. The van der Waals surface area contributed by atoms with Gasteiger partial charge in [0.2, 0.25) is 0 Å². The number of aliphatic imine (C=N–C) groups is 1. The Hall–Kier alpha value is -0.960. The quantitative estimate of drug-likeness (QED) is 0.621. The first kappa shape index (κ1) is 9.13. The Morgan fingerprint density at radius 2 is 2.00 bits per heavy atom. The molecular formula is C9H12N2S. The molecule has 1 heterocycles. The maximum Gasteiger partial charge on any atom is 0.0988 e. The molecule has 1 aliphatic heterocycles. The fourth-order valence-corrected chi connectivity index (χ4v) is 1.44. The monoisotopic (exact) mass is 180 g/mol. The molecule has 0 unspecified atom stereocenters. The summed E-state index contributed by atoms with van der Waals surface area (Å²) < 4.78 is 2.97. The van der Waals surface area contributed by atoms with E-state index in [1.54, 1.807) is 18.3 Å². The van der Waals surface area contributed by atoms with Gasteiger partial charge in [0.05, 0.1) is 16.9 Å². The van der Waals surface area contributed by atoms with E-state index >= 15 is 0 Å². The molecule has 1 aromatic carbocycles. The Labute approximate surface area is 77.2 Å². The second-order valence-electron chi connectivity index (χ2n) is 1.95. The SMILES string of the molecule is C1=Nc2ccccc2SN1.CC. The molecule has 0 fully saturated rings. The summed E-state index contributed by atoms with van der Waals surface area (Å²) in [6.07, 6.45) is 1.70. The maximum absolute atomic E-state index is 4.14. The van der Waals surface area contributed by atoms with Crippen molar-refractivity contribution in [1.29, 1.82) is 0 Å². The summed E-state index contributed by atoms with van der Waals surface area (Å²) in [5.74, 6) is 0. The van der Waals surface area contributed by atoms with Crippen molar-refractivity contribution >= 4 is 24.0 Å². The van der Waals surface area contributed by atoms with E-state index in [1.807, 2.05) is 38.1 Å². The van der Waals surface area contributed by atoms with E-state index in [1.165, 1.54) is 4.90 Å². The van der Waals surface area contributed by atoms with Crippen LogP contribution in [0, 0.1) is 0 Å². The average Bonchev–Trinajstić information content (AvgIpc) is 2.21. The van der Waals surface area contributed by atoms with Crippen LogP contribution in [0.5, 0.6) is 0 Å². The van der Waals surface area contributed by atoms with Gasteiger partial charge < -0.3 is 4.72 Å². The van der Waals surface area contributed by atoms with Gasteiger partial charge in [0.15, 0.2) is 0 Å². The predicted molar refractivity (Wildman–Crippen MR) is 54.9 cm³/mol. The number of rotatable bonds is 0. The van der Waals surface area contributed by atoms with Gasteiger partial charge in [0.25, 0.3) is 0 Å². The van der Waals surface area contributed by atoms with Gasteiger partial charge >= 0.3 is 0 Å². The highest BCUT2D eigenvalue weighted by Crippen LogP contribution is 2.28. The molecule has 2 rings (SSSR count). The largest absolute Gasteiger partial charge is 0.316 e. The molecule has 1 aliphatic rings. The van der Waals surface area contributed by atoms with E-state index < -0.39 is 0 Å². The van der Waals surface area contributed by atoms with Crippen LogP contribution < -0.4 is 4.72 Å². The maximum atomic E-state index is 4.14. The van der Waals surface area contributed by atoms with Crippen molar-refractivity contribution in [2.24, 2.45) is 4.99 Å². The summed E-state index contributed by atoms with van der Waals surface area (Å²) in [6.45, 7) is 4.00. The lowest BCUT2D eigenvalue weighted by atomic mass is 10.3. The summed E-state index contributed by atoms with van der Waals surface area (Å²) in [6, 6.07) is 8.04. The third kappa shape index (κ3) is 2.01. The molecule has 2 nitrogen and oxygen atoms in total. The third-order valence-electron chi connectivity index (χ3n) is 1.29. The van der Waals surface area contributed by atoms with Gasteiger partial charge in [0, 0.05) is 0 Å². The van der Waals surface area contributed by atoms with Gasteiger partial charge in [-0.2, -0.15) is 0 Å². The normalized spacial score (nSPS) is 12.2. The Morgan fingerprint density at radius 1 is 1.25 bits per heavy atom. The second kappa shape index (κ2) is 4.83. The first-order chi connectivity index (χ1) is 5.97. The number of benzene rings is 1. The van der Waals surface area contributed by atoms with Crippen LogP contribution in [-0.2, 0) is 0 Å². The highest BCUT2D eigenvalue weighted by atomic mass is 32.2. The summed E-state index contributed by atoms with van der Waals surface area (Å²) in [5, 5.41) is 0. The van der Waals surface area contributed by atoms with Crippen LogP contribution in [0.2, 0.25) is 0 Å². The molecule has 1 aromatic rings. The van der Waals surface area contributed by atoms with Crippen molar-refractivity contribution in [2.45, 2.75) is 18.7 Å². The predicted octanol–water partition coefficient (Wildman–Crippen LogP) is 2.98. The number of fused-ring (bicyclic) bond motifs is 1. The zero-order valence-electron chi connectivity index (χ0n) is 7.24. The van der Waals surface area contributed by atoms with Crippen molar-refractivity contribution < 1.29 is 0 Å². The summed E-state index contributed by atoms with van der Waals surface area (Å²) >= 11 is 1.59. The molecule has 64 valence electrons. The van der Waals surface area contributed by atoms with Gasteiger partial charge in [-0.05, 0) is 24.1 Å². The van der Waals surface area contributed by atoms with E-state index in [0.29, 0.717) is 0 Å². The minimum Gasteiger partial charge on any atom is -0.316 e. The van der Waals surface area contributed by atoms with Gasteiger partial charge in [-0.1, -0.05) is 26.0 Å². The van der Waals surface area contributed by atoms with Crippen LogP contribution in [-0.4, -0.2) is 6.34 Å². The van der Waals surface area contributed by atoms with E-state index in [-0.39, 0.29) is 0 Å². The fraction of sp³-hybridized carbons (Fsp3) is 0.222. The minimum absolute atomic E-state index is 1.05. The van der Waals surface area contributed by atoms with Crippen LogP contribution in [0.1, 0.15) is 13.8 Å². The standard InChI is InChI=1S/C7H6N2S.C2H6/c1-2-4-7-6(3-1)8-5-9-10-7;1-2/h1-5H,(H,8,9);1-2H3. The van der Waals surface area contributed by atoms with E-state index in [4.69, 9.17) is 0 Å². The lowest BCUT2D eigenvalue weighted by Crippen LogP contribution is -2.01. The van der Waals surface area contributed by atoms with Crippen molar-refractivity contribution in [3.05, 3.63) is 24.3 Å². The van der Waals surface area contributed by atoms with Crippen molar-refractivity contribution in [2.75, 3.05) is 0 Å².